The predicted molar refractivity (Wildman–Crippen MR) is 258 cm³/mol. The fourth-order valence-electron chi connectivity index (χ4n) is 11.8. The maximum Gasteiger partial charge on any atom is 0.129 e. The van der Waals surface area contributed by atoms with Crippen LogP contribution in [0.1, 0.15) is 243 Å². The molecule has 2 nitrogen and oxygen atoms in total. The van der Waals surface area contributed by atoms with Gasteiger partial charge in [0.05, 0.1) is 5.41 Å². The van der Waals surface area contributed by atoms with E-state index in [4.69, 9.17) is 0 Å². The Balaban J connectivity index is 2.05. The van der Waals surface area contributed by atoms with Crippen LogP contribution in [0.25, 0.3) is 0 Å². The highest BCUT2D eigenvalue weighted by Crippen LogP contribution is 2.63. The zero-order valence-electron chi connectivity index (χ0n) is 41.3. The summed E-state index contributed by atoms with van der Waals surface area (Å²) in [6, 6.07) is 20.2. The molecule has 12 rings (SSSR count). The van der Waals surface area contributed by atoms with E-state index in [1.165, 1.54) is 77.9 Å². The van der Waals surface area contributed by atoms with E-state index >= 15 is 5.11 Å². The van der Waals surface area contributed by atoms with Gasteiger partial charge in [0.15, 0.2) is 0 Å². The minimum atomic E-state index is -1.54. The Bertz CT molecular complexity index is 2110. The fraction of sp³-hybridized carbons (Fsp3) is 0.586. The Kier molecular flexibility index (Phi) is 12.2. The van der Waals surface area contributed by atoms with Crippen molar-refractivity contribution in [2.45, 2.75) is 214 Å². The van der Waals surface area contributed by atoms with Crippen LogP contribution in [0.4, 0.5) is 0 Å². The van der Waals surface area contributed by atoms with E-state index in [1.54, 1.807) is 0 Å². The number of hydrogen-bond acceptors (Lipinski definition) is 2. The van der Waals surface area contributed by atoms with Crippen molar-refractivity contribution in [2.24, 2.45) is 0 Å². The summed E-state index contributed by atoms with van der Waals surface area (Å²) >= 11 is 0. The Morgan fingerprint density at radius 1 is 0.450 bits per heavy atom. The number of unbranched alkanes of at least 4 members (excludes halogenated alkanes) is 1. The van der Waals surface area contributed by atoms with Crippen molar-refractivity contribution in [2.75, 3.05) is 6.61 Å². The molecule has 0 aliphatic heterocycles. The maximum atomic E-state index is 15.8. The van der Waals surface area contributed by atoms with Gasteiger partial charge >= 0.3 is 0 Å². The first-order chi connectivity index (χ1) is 27.7. The molecule has 4 aromatic carbocycles. The van der Waals surface area contributed by atoms with Gasteiger partial charge in [0.25, 0.3) is 0 Å². The van der Waals surface area contributed by atoms with Crippen LogP contribution < -0.4 is 0 Å². The van der Waals surface area contributed by atoms with Gasteiger partial charge in [0.1, 0.15) is 5.60 Å². The second-order valence-electron chi connectivity index (χ2n) is 23.5. The van der Waals surface area contributed by atoms with Crippen molar-refractivity contribution >= 4 is 0 Å². The van der Waals surface area contributed by atoms with Crippen molar-refractivity contribution in [1.82, 2.24) is 0 Å². The average molecular weight is 811 g/mol. The highest BCUT2D eigenvalue weighted by atomic mass is 16.3. The Hall–Kier alpha value is -3.20. The highest BCUT2D eigenvalue weighted by Gasteiger charge is 2.60. The molecule has 0 radical (unpaired) electrons. The molecule has 8 aliphatic carbocycles. The summed E-state index contributed by atoms with van der Waals surface area (Å²) in [5.41, 5.74) is 16.8. The Morgan fingerprint density at radius 2 is 0.733 bits per heavy atom. The number of benzene rings is 4. The smallest absolute Gasteiger partial charge is 0.129 e. The van der Waals surface area contributed by atoms with Crippen LogP contribution in [0.15, 0.2) is 48.5 Å². The fourth-order valence-corrected chi connectivity index (χ4v) is 11.8. The molecule has 326 valence electrons. The highest BCUT2D eigenvalue weighted by molar-refractivity contribution is 5.68. The largest absolute Gasteiger partial charge is 0.396 e. The summed E-state index contributed by atoms with van der Waals surface area (Å²) in [4.78, 5) is 0. The third-order valence-corrected chi connectivity index (χ3v) is 14.8. The lowest BCUT2D eigenvalue weighted by Crippen LogP contribution is -2.55. The van der Waals surface area contributed by atoms with Crippen LogP contribution in [0.5, 0.6) is 0 Å². The Morgan fingerprint density at radius 3 is 1.00 bits per heavy atom. The van der Waals surface area contributed by atoms with Crippen LogP contribution >= 0.6 is 0 Å². The van der Waals surface area contributed by atoms with Gasteiger partial charge in [0.2, 0.25) is 0 Å². The lowest BCUT2D eigenvalue weighted by atomic mass is 9.49. The molecule has 60 heavy (non-hydrogen) atoms. The number of aliphatic hydroxyl groups is 2. The van der Waals surface area contributed by atoms with Crippen LogP contribution in [-0.2, 0) is 32.7 Å². The second kappa shape index (κ2) is 15.9. The van der Waals surface area contributed by atoms with E-state index in [0.717, 1.165) is 43.2 Å². The molecular formula is C58H82O2. The molecule has 2 heteroatoms. The topological polar surface area (TPSA) is 40.5 Å². The van der Waals surface area contributed by atoms with Gasteiger partial charge in [-0.25, -0.2) is 0 Å². The minimum absolute atomic E-state index is 0.113. The molecule has 4 aromatic rings. The van der Waals surface area contributed by atoms with Crippen LogP contribution in [0.2, 0.25) is 0 Å². The summed E-state index contributed by atoms with van der Waals surface area (Å²) in [6.07, 6.45) is 6.43. The number of aryl methyl sites for hydroxylation is 4. The maximum absolute atomic E-state index is 15.8. The van der Waals surface area contributed by atoms with Crippen molar-refractivity contribution in [3.8, 4) is 0 Å². The van der Waals surface area contributed by atoms with Gasteiger partial charge in [0, 0.05) is 18.4 Å². The molecule has 0 fully saturated rings. The Labute approximate surface area is 367 Å². The van der Waals surface area contributed by atoms with E-state index < -0.39 is 11.0 Å². The number of hydrogen-bond donors (Lipinski definition) is 2. The van der Waals surface area contributed by atoms with Gasteiger partial charge in [-0.05, 0) is 170 Å². The average Bonchev–Trinajstić information content (AvgIpc) is 3.12. The summed E-state index contributed by atoms with van der Waals surface area (Å²) < 4.78 is 0. The van der Waals surface area contributed by atoms with Gasteiger partial charge in [-0.2, -0.15) is 0 Å². The van der Waals surface area contributed by atoms with Crippen molar-refractivity contribution in [3.05, 3.63) is 138 Å². The molecular weight excluding hydrogens is 729 g/mol. The second-order valence-corrected chi connectivity index (χ2v) is 23.5. The third-order valence-electron chi connectivity index (χ3n) is 14.8. The normalized spacial score (nSPS) is 21.7. The van der Waals surface area contributed by atoms with Gasteiger partial charge in [-0.1, -0.05) is 158 Å². The van der Waals surface area contributed by atoms with E-state index in [1.807, 2.05) is 0 Å². The zero-order valence-corrected chi connectivity index (χ0v) is 41.3. The lowest BCUT2D eigenvalue weighted by Gasteiger charge is -2.55. The summed E-state index contributed by atoms with van der Waals surface area (Å²) in [7, 11) is 0. The van der Waals surface area contributed by atoms with E-state index in [0.29, 0.717) is 12.8 Å². The monoisotopic (exact) mass is 811 g/mol. The molecule has 0 heterocycles. The molecule has 0 atom stereocenters. The summed E-state index contributed by atoms with van der Waals surface area (Å²) in [5, 5.41) is 26.4. The number of aliphatic hydroxyl groups excluding tert-OH is 1. The minimum Gasteiger partial charge on any atom is -0.396 e. The first-order valence-electron chi connectivity index (χ1n) is 23.6. The molecule has 0 spiro atoms. The molecule has 0 amide bonds. The standard InChI is InChI=1S/C58H82O2/c1-19-23-39-41-31-45(53(7,8)9)49(27-35(41)3)57(25-21-22-26-59,50-28-36(4)42(39)32-46(50)54(10,11)12)58(60)51-29-37(5)43(33-47(51)55(13,14)15)40(24-20-2)44-34-48(56(16,17)18)52(58)30-38(44)6/h27-34,39-40,59-60H,19-26H2,1-18H3. The van der Waals surface area contributed by atoms with Gasteiger partial charge in [-0.3, -0.25) is 0 Å². The first kappa shape index (κ1) is 46.3. The molecule has 8 bridgehead atoms. The number of rotatable bonds is 9. The van der Waals surface area contributed by atoms with Crippen molar-refractivity contribution in [3.63, 3.8) is 0 Å². The van der Waals surface area contributed by atoms with Gasteiger partial charge < -0.3 is 10.2 Å². The predicted octanol–water partition coefficient (Wildman–Crippen LogP) is 15.0. The first-order valence-corrected chi connectivity index (χ1v) is 23.6. The van der Waals surface area contributed by atoms with E-state index in [2.05, 4.69) is 173 Å². The lowest BCUT2D eigenvalue weighted by molar-refractivity contribution is -0.000134. The molecule has 8 aliphatic rings. The molecule has 0 unspecified atom stereocenters. The molecule has 0 saturated heterocycles. The molecule has 0 aromatic heterocycles. The van der Waals surface area contributed by atoms with Crippen molar-refractivity contribution < 1.29 is 10.2 Å². The van der Waals surface area contributed by atoms with Gasteiger partial charge in [-0.15, -0.1) is 0 Å². The summed E-state index contributed by atoms with van der Waals surface area (Å²) in [5.74, 6) is 0.542. The quantitative estimate of drug-likeness (QED) is 0.165. The molecule has 0 saturated carbocycles. The van der Waals surface area contributed by atoms with Crippen LogP contribution in [0, 0.1) is 27.7 Å². The van der Waals surface area contributed by atoms with Crippen LogP contribution in [-0.4, -0.2) is 16.8 Å². The third kappa shape index (κ3) is 7.46. The van der Waals surface area contributed by atoms with E-state index in [-0.39, 0.29) is 40.1 Å². The van der Waals surface area contributed by atoms with Crippen molar-refractivity contribution in [1.29, 1.82) is 0 Å². The molecule has 2 N–H and O–H groups in total. The SMILES string of the molecule is CCCC1c2cc(C(C)(C)C)c(cc2C)C(O)(C2(CCCCO)c3cc(C)c(cc3C(C)(C)C)C(CCC)c3cc(C(C)(C)C)c2cc3C)c2cc(C)c1cc2C(C)(C)C. The zero-order chi connectivity index (χ0) is 44.7. The summed E-state index contributed by atoms with van der Waals surface area (Å²) in [6.45, 7) is 42.4. The van der Waals surface area contributed by atoms with Crippen LogP contribution in [0.3, 0.4) is 0 Å². The van der Waals surface area contributed by atoms with E-state index in [9.17, 15) is 5.11 Å².